The van der Waals surface area contributed by atoms with Gasteiger partial charge in [0.25, 0.3) is 5.56 Å². The van der Waals surface area contributed by atoms with Crippen LogP contribution in [0.2, 0.25) is 0 Å². The number of hydrogen-bond donors (Lipinski definition) is 1. The maximum absolute atomic E-state index is 12.6. The van der Waals surface area contributed by atoms with Gasteiger partial charge in [-0.2, -0.15) is 0 Å². The number of carbonyl (C=O) groups excluding carboxylic acids is 1. The Hall–Kier alpha value is -3.48. The van der Waals surface area contributed by atoms with Gasteiger partial charge in [0.05, 0.1) is 12.2 Å². The molecule has 2 heterocycles. The van der Waals surface area contributed by atoms with E-state index in [4.69, 9.17) is 0 Å². The average Bonchev–Trinajstić information content (AvgIpc) is 2.70. The summed E-state index contributed by atoms with van der Waals surface area (Å²) in [6.45, 7) is 0.918. The molecule has 2 aromatic heterocycles. The van der Waals surface area contributed by atoms with E-state index in [1.54, 1.807) is 48.5 Å². The lowest BCUT2D eigenvalue weighted by Crippen LogP contribution is -2.35. The van der Waals surface area contributed by atoms with E-state index in [2.05, 4.69) is 15.3 Å². The van der Waals surface area contributed by atoms with Gasteiger partial charge in [-0.15, -0.1) is 0 Å². The van der Waals surface area contributed by atoms with Crippen LogP contribution < -0.4 is 10.9 Å². The number of aromatic nitrogens is 3. The largest absolute Gasteiger partial charge is 0.327 e. The predicted molar refractivity (Wildman–Crippen MR) is 104 cm³/mol. The fourth-order valence-electron chi connectivity index (χ4n) is 2.59. The molecule has 0 aliphatic heterocycles. The average molecular weight is 363 g/mol. The molecule has 0 radical (unpaired) electrons. The third kappa shape index (κ3) is 5.01. The van der Waals surface area contributed by atoms with E-state index in [1.165, 1.54) is 4.90 Å². The van der Waals surface area contributed by atoms with Crippen LogP contribution in [0.4, 0.5) is 10.5 Å². The number of benzene rings is 1. The highest BCUT2D eigenvalue weighted by atomic mass is 16.2. The topological polar surface area (TPSA) is 80.1 Å². The van der Waals surface area contributed by atoms with Gasteiger partial charge >= 0.3 is 6.03 Å². The number of nitrogens with zero attached hydrogens (tertiary/aromatic N) is 4. The number of hydrogen-bond acceptors (Lipinski definition) is 4. The molecule has 0 saturated carbocycles. The molecule has 1 N–H and O–H groups in total. The first kappa shape index (κ1) is 18.3. The molecule has 3 rings (SSSR count). The molecule has 0 atom stereocenters. The normalized spacial score (nSPS) is 10.4. The Bertz CT molecular complexity index is 941. The molecule has 1 aromatic carbocycles. The number of rotatable bonds is 6. The molecular formula is C20H21N5O2. The molecule has 0 unspecified atom stereocenters. The van der Waals surface area contributed by atoms with E-state index in [1.807, 2.05) is 30.3 Å². The van der Waals surface area contributed by atoms with E-state index in [9.17, 15) is 9.59 Å². The minimum atomic E-state index is -0.339. The van der Waals surface area contributed by atoms with Crippen molar-refractivity contribution in [2.75, 3.05) is 18.9 Å². The van der Waals surface area contributed by atoms with Crippen molar-refractivity contribution in [1.82, 2.24) is 19.4 Å². The van der Waals surface area contributed by atoms with Gasteiger partial charge in [-0.05, 0) is 17.7 Å². The van der Waals surface area contributed by atoms with Gasteiger partial charge in [-0.3, -0.25) is 14.8 Å². The van der Waals surface area contributed by atoms with Gasteiger partial charge in [0.2, 0.25) is 0 Å². The molecule has 27 heavy (non-hydrogen) atoms. The molecule has 0 saturated heterocycles. The van der Waals surface area contributed by atoms with Crippen LogP contribution in [0.5, 0.6) is 0 Å². The quantitative estimate of drug-likeness (QED) is 0.729. The van der Waals surface area contributed by atoms with Crippen LogP contribution in [0.1, 0.15) is 11.3 Å². The number of urea groups is 1. The molecular weight excluding hydrogens is 342 g/mol. The number of carbonyl (C=O) groups is 1. The summed E-state index contributed by atoms with van der Waals surface area (Å²) in [7, 11) is 1.68. The zero-order valence-electron chi connectivity index (χ0n) is 15.1. The molecule has 7 heteroatoms. The van der Waals surface area contributed by atoms with Gasteiger partial charge in [-0.1, -0.05) is 30.3 Å². The highest BCUT2D eigenvalue weighted by Gasteiger charge is 2.12. The molecule has 7 nitrogen and oxygen atoms in total. The minimum absolute atomic E-state index is 0.239. The first-order valence-electron chi connectivity index (χ1n) is 8.64. The first-order chi connectivity index (χ1) is 13.1. The number of likely N-dealkylation sites (N-methyl/N-ethyl adjacent to an activating group) is 1. The number of nitrogens with one attached hydrogen (secondary N) is 1. The van der Waals surface area contributed by atoms with E-state index >= 15 is 0 Å². The lowest BCUT2D eigenvalue weighted by molar-refractivity contribution is 0.223. The summed E-state index contributed by atoms with van der Waals surface area (Å²) in [5.74, 6) is 0. The molecule has 0 bridgehead atoms. The van der Waals surface area contributed by atoms with Crippen molar-refractivity contribution in [3.05, 3.63) is 88.9 Å². The lowest BCUT2D eigenvalue weighted by Gasteiger charge is -2.18. The first-order valence-corrected chi connectivity index (χ1v) is 8.64. The third-order valence-electron chi connectivity index (χ3n) is 4.12. The second kappa shape index (κ2) is 8.75. The van der Waals surface area contributed by atoms with E-state index in [0.29, 0.717) is 19.5 Å². The summed E-state index contributed by atoms with van der Waals surface area (Å²) in [6.07, 6.45) is 7.20. The Balaban J connectivity index is 1.63. The van der Waals surface area contributed by atoms with Crippen LogP contribution in [-0.2, 0) is 13.0 Å². The van der Waals surface area contributed by atoms with Crippen molar-refractivity contribution in [3.8, 4) is 0 Å². The molecule has 0 spiro atoms. The van der Waals surface area contributed by atoms with E-state index < -0.39 is 0 Å². The standard InChI is InChI=1S/C20H21N5O2/c1-24(13-9-17-14-21-10-11-22-17)20(27)23-18-8-5-12-25(19(18)26)15-16-6-3-2-4-7-16/h2-8,10-12,14H,9,13,15H2,1H3,(H,23,27). The number of amides is 2. The highest BCUT2D eigenvalue weighted by Crippen LogP contribution is 2.05. The highest BCUT2D eigenvalue weighted by molar-refractivity contribution is 5.88. The monoisotopic (exact) mass is 363 g/mol. The van der Waals surface area contributed by atoms with Crippen molar-refractivity contribution in [2.24, 2.45) is 0 Å². The summed E-state index contributed by atoms with van der Waals surface area (Å²) in [5, 5.41) is 2.69. The molecule has 3 aromatic rings. The second-order valence-electron chi connectivity index (χ2n) is 6.14. The van der Waals surface area contributed by atoms with Crippen molar-refractivity contribution < 1.29 is 4.79 Å². The minimum Gasteiger partial charge on any atom is -0.327 e. The Kier molecular flexibility index (Phi) is 5.94. The fraction of sp³-hybridized carbons (Fsp3) is 0.200. The Morgan fingerprint density at radius 1 is 1.15 bits per heavy atom. The van der Waals surface area contributed by atoms with Gasteiger partial charge in [-0.25, -0.2) is 4.79 Å². The van der Waals surface area contributed by atoms with Crippen LogP contribution in [-0.4, -0.2) is 39.1 Å². The third-order valence-corrected chi connectivity index (χ3v) is 4.12. The fourth-order valence-corrected chi connectivity index (χ4v) is 2.59. The lowest BCUT2D eigenvalue weighted by atomic mass is 10.2. The summed E-state index contributed by atoms with van der Waals surface area (Å²) in [5.41, 5.74) is 1.84. The van der Waals surface area contributed by atoms with Gasteiger partial charge in [0, 0.05) is 44.8 Å². The maximum Gasteiger partial charge on any atom is 0.321 e. The van der Waals surface area contributed by atoms with Gasteiger partial charge < -0.3 is 14.8 Å². The summed E-state index contributed by atoms with van der Waals surface area (Å²) < 4.78 is 1.57. The van der Waals surface area contributed by atoms with Crippen molar-refractivity contribution in [2.45, 2.75) is 13.0 Å². The van der Waals surface area contributed by atoms with Crippen LogP contribution in [0.25, 0.3) is 0 Å². The Morgan fingerprint density at radius 2 is 1.96 bits per heavy atom. The number of pyridine rings is 1. The predicted octanol–water partition coefficient (Wildman–Crippen LogP) is 2.39. The van der Waals surface area contributed by atoms with E-state index in [-0.39, 0.29) is 17.3 Å². The molecule has 0 fully saturated rings. The van der Waals surface area contributed by atoms with Gasteiger partial charge in [0.1, 0.15) is 5.69 Å². The summed E-state index contributed by atoms with van der Waals surface area (Å²) >= 11 is 0. The van der Waals surface area contributed by atoms with Gasteiger partial charge in [0.15, 0.2) is 0 Å². The smallest absolute Gasteiger partial charge is 0.321 e. The second-order valence-corrected chi connectivity index (χ2v) is 6.14. The molecule has 0 aliphatic carbocycles. The van der Waals surface area contributed by atoms with Crippen molar-refractivity contribution in [1.29, 1.82) is 0 Å². The zero-order valence-corrected chi connectivity index (χ0v) is 15.1. The summed E-state index contributed by atoms with van der Waals surface area (Å²) in [6, 6.07) is 12.7. The van der Waals surface area contributed by atoms with E-state index in [0.717, 1.165) is 11.3 Å². The van der Waals surface area contributed by atoms with Crippen molar-refractivity contribution in [3.63, 3.8) is 0 Å². The molecule has 2 amide bonds. The zero-order chi connectivity index (χ0) is 19.1. The summed E-state index contributed by atoms with van der Waals surface area (Å²) in [4.78, 5) is 34.7. The Morgan fingerprint density at radius 3 is 2.70 bits per heavy atom. The number of anilines is 1. The SMILES string of the molecule is CN(CCc1cnccn1)C(=O)Nc1cccn(Cc2ccccc2)c1=O. The molecule has 138 valence electrons. The maximum atomic E-state index is 12.6. The van der Waals surface area contributed by atoms with Crippen molar-refractivity contribution >= 4 is 11.7 Å². The van der Waals surface area contributed by atoms with Crippen LogP contribution >= 0.6 is 0 Å². The molecule has 0 aliphatic rings. The Labute approximate surface area is 157 Å². The van der Waals surface area contributed by atoms with Crippen LogP contribution in [0.3, 0.4) is 0 Å². The van der Waals surface area contributed by atoms with Crippen LogP contribution in [0, 0.1) is 0 Å². The van der Waals surface area contributed by atoms with Crippen LogP contribution in [0.15, 0.2) is 72.0 Å².